The molecule has 13 heavy (non-hydrogen) atoms. The average molecular weight is 180 g/mol. The second kappa shape index (κ2) is 3.10. The summed E-state index contributed by atoms with van der Waals surface area (Å²) in [6, 6.07) is 0.537. The number of fused-ring (bicyclic) bond motifs is 1. The summed E-state index contributed by atoms with van der Waals surface area (Å²) in [5.41, 5.74) is 5.96. The molecule has 2 heterocycles. The van der Waals surface area contributed by atoms with Crippen LogP contribution in [0, 0.1) is 0 Å². The summed E-state index contributed by atoms with van der Waals surface area (Å²) >= 11 is 0. The van der Waals surface area contributed by atoms with Crippen LogP contribution in [0.3, 0.4) is 0 Å². The first-order valence-electron chi connectivity index (χ1n) is 4.92. The SMILES string of the molecule is CCc1nc2n(n1)C(C)C(N)CC2. The normalized spacial score (nSPS) is 27.3. The van der Waals surface area contributed by atoms with E-state index in [1.807, 2.05) is 4.68 Å². The number of hydrogen-bond donors (Lipinski definition) is 1. The van der Waals surface area contributed by atoms with Crippen LogP contribution in [0.4, 0.5) is 0 Å². The van der Waals surface area contributed by atoms with E-state index in [1.165, 1.54) is 0 Å². The highest BCUT2D eigenvalue weighted by Gasteiger charge is 2.25. The third-order valence-corrected chi connectivity index (χ3v) is 2.77. The molecular weight excluding hydrogens is 164 g/mol. The van der Waals surface area contributed by atoms with Gasteiger partial charge in [-0.3, -0.25) is 0 Å². The van der Waals surface area contributed by atoms with Gasteiger partial charge in [-0.25, -0.2) is 9.67 Å². The molecule has 0 aliphatic carbocycles. The maximum atomic E-state index is 5.96. The van der Waals surface area contributed by atoms with Gasteiger partial charge in [-0.15, -0.1) is 0 Å². The van der Waals surface area contributed by atoms with Crippen molar-refractivity contribution >= 4 is 0 Å². The number of nitrogens with two attached hydrogens (primary N) is 1. The van der Waals surface area contributed by atoms with Gasteiger partial charge in [-0.1, -0.05) is 6.92 Å². The van der Waals surface area contributed by atoms with E-state index in [2.05, 4.69) is 23.9 Å². The van der Waals surface area contributed by atoms with Crippen molar-refractivity contribution in [1.29, 1.82) is 0 Å². The lowest BCUT2D eigenvalue weighted by atomic mass is 10.0. The Morgan fingerprint density at radius 1 is 1.62 bits per heavy atom. The summed E-state index contributed by atoms with van der Waals surface area (Å²) in [5, 5.41) is 4.43. The second-order valence-corrected chi connectivity index (χ2v) is 3.69. The molecule has 1 aromatic heterocycles. The van der Waals surface area contributed by atoms with Gasteiger partial charge in [0.1, 0.15) is 5.82 Å². The van der Waals surface area contributed by atoms with Gasteiger partial charge in [0, 0.05) is 18.9 Å². The van der Waals surface area contributed by atoms with Crippen molar-refractivity contribution in [3.63, 3.8) is 0 Å². The summed E-state index contributed by atoms with van der Waals surface area (Å²) in [4.78, 5) is 4.45. The minimum Gasteiger partial charge on any atom is -0.326 e. The first-order chi connectivity index (χ1) is 6.22. The molecule has 0 spiro atoms. The van der Waals surface area contributed by atoms with Gasteiger partial charge >= 0.3 is 0 Å². The molecule has 0 saturated carbocycles. The van der Waals surface area contributed by atoms with Crippen LogP contribution in [0.2, 0.25) is 0 Å². The fourth-order valence-electron chi connectivity index (χ4n) is 1.77. The Balaban J connectivity index is 2.36. The first-order valence-corrected chi connectivity index (χ1v) is 4.92. The Morgan fingerprint density at radius 3 is 3.08 bits per heavy atom. The van der Waals surface area contributed by atoms with Crippen LogP contribution in [-0.4, -0.2) is 20.8 Å². The van der Waals surface area contributed by atoms with Gasteiger partial charge in [0.25, 0.3) is 0 Å². The van der Waals surface area contributed by atoms with Crippen LogP contribution in [-0.2, 0) is 12.8 Å². The lowest BCUT2D eigenvalue weighted by molar-refractivity contribution is 0.338. The molecule has 0 aromatic carbocycles. The van der Waals surface area contributed by atoms with E-state index in [1.54, 1.807) is 0 Å². The molecule has 0 amide bonds. The van der Waals surface area contributed by atoms with Crippen LogP contribution in [0.1, 0.15) is 38.0 Å². The van der Waals surface area contributed by atoms with Gasteiger partial charge in [0.15, 0.2) is 5.82 Å². The molecule has 72 valence electrons. The summed E-state index contributed by atoms with van der Waals surface area (Å²) < 4.78 is 1.99. The molecule has 4 nitrogen and oxygen atoms in total. The zero-order valence-corrected chi connectivity index (χ0v) is 8.20. The predicted octanol–water partition coefficient (Wildman–Crippen LogP) is 0.675. The summed E-state index contributed by atoms with van der Waals surface area (Å²) in [5.74, 6) is 2.04. The maximum Gasteiger partial charge on any atom is 0.150 e. The van der Waals surface area contributed by atoms with Gasteiger partial charge < -0.3 is 5.73 Å². The zero-order valence-electron chi connectivity index (χ0n) is 8.20. The smallest absolute Gasteiger partial charge is 0.150 e. The zero-order chi connectivity index (χ0) is 9.42. The molecule has 0 fully saturated rings. The number of hydrogen-bond acceptors (Lipinski definition) is 3. The number of rotatable bonds is 1. The molecule has 0 radical (unpaired) electrons. The van der Waals surface area contributed by atoms with Crippen molar-refractivity contribution in [1.82, 2.24) is 14.8 Å². The van der Waals surface area contributed by atoms with E-state index in [4.69, 9.17) is 5.73 Å². The quantitative estimate of drug-likeness (QED) is 0.691. The maximum absolute atomic E-state index is 5.96. The van der Waals surface area contributed by atoms with Gasteiger partial charge in [-0.2, -0.15) is 5.10 Å². The van der Waals surface area contributed by atoms with Crippen LogP contribution < -0.4 is 5.73 Å². The lowest BCUT2D eigenvalue weighted by Gasteiger charge is -2.25. The Morgan fingerprint density at radius 2 is 2.38 bits per heavy atom. The van der Waals surface area contributed by atoms with Crippen LogP contribution in [0.5, 0.6) is 0 Å². The topological polar surface area (TPSA) is 56.7 Å². The van der Waals surface area contributed by atoms with Gasteiger partial charge in [0.05, 0.1) is 6.04 Å². The number of aryl methyl sites for hydroxylation is 2. The fraction of sp³-hybridized carbons (Fsp3) is 0.778. The van der Waals surface area contributed by atoms with Gasteiger partial charge in [0.2, 0.25) is 0 Å². The Kier molecular flexibility index (Phi) is 2.07. The van der Waals surface area contributed by atoms with Crippen molar-refractivity contribution in [2.45, 2.75) is 45.2 Å². The van der Waals surface area contributed by atoms with Crippen LogP contribution in [0.25, 0.3) is 0 Å². The predicted molar refractivity (Wildman–Crippen MR) is 50.4 cm³/mol. The van der Waals surface area contributed by atoms with E-state index in [0.717, 1.165) is 30.9 Å². The highest BCUT2D eigenvalue weighted by Crippen LogP contribution is 2.21. The van der Waals surface area contributed by atoms with E-state index in [9.17, 15) is 0 Å². The molecule has 2 N–H and O–H groups in total. The Bertz CT molecular complexity index is 305. The molecule has 2 atom stereocenters. The van der Waals surface area contributed by atoms with E-state index in [0.29, 0.717) is 6.04 Å². The average Bonchev–Trinajstić information content (AvgIpc) is 2.55. The Labute approximate surface area is 78.1 Å². The first kappa shape index (κ1) is 8.69. The van der Waals surface area contributed by atoms with Crippen molar-refractivity contribution in [2.24, 2.45) is 5.73 Å². The summed E-state index contributed by atoms with van der Waals surface area (Å²) in [6.07, 6.45) is 2.91. The molecule has 1 aliphatic heterocycles. The Hall–Kier alpha value is -0.900. The highest BCUT2D eigenvalue weighted by molar-refractivity contribution is 5.00. The van der Waals surface area contributed by atoms with E-state index in [-0.39, 0.29) is 6.04 Å². The second-order valence-electron chi connectivity index (χ2n) is 3.69. The van der Waals surface area contributed by atoms with Crippen LogP contribution in [0.15, 0.2) is 0 Å². The fourth-order valence-corrected chi connectivity index (χ4v) is 1.77. The largest absolute Gasteiger partial charge is 0.326 e. The molecule has 2 unspecified atom stereocenters. The van der Waals surface area contributed by atoms with Crippen molar-refractivity contribution < 1.29 is 0 Å². The lowest BCUT2D eigenvalue weighted by Crippen LogP contribution is -2.36. The summed E-state index contributed by atoms with van der Waals surface area (Å²) in [6.45, 7) is 4.19. The van der Waals surface area contributed by atoms with Crippen LogP contribution >= 0.6 is 0 Å². The third-order valence-electron chi connectivity index (χ3n) is 2.77. The molecular formula is C9H16N4. The van der Waals surface area contributed by atoms with E-state index >= 15 is 0 Å². The summed E-state index contributed by atoms with van der Waals surface area (Å²) in [7, 11) is 0. The van der Waals surface area contributed by atoms with Crippen molar-refractivity contribution in [3.8, 4) is 0 Å². The molecule has 1 aliphatic rings. The standard InChI is InChI=1S/C9H16N4/c1-3-8-11-9-5-4-7(10)6(2)13(9)12-8/h6-7H,3-5,10H2,1-2H3. The van der Waals surface area contributed by atoms with Crippen molar-refractivity contribution in [3.05, 3.63) is 11.6 Å². The van der Waals surface area contributed by atoms with Gasteiger partial charge in [-0.05, 0) is 13.3 Å². The minimum absolute atomic E-state index is 0.235. The number of aromatic nitrogens is 3. The molecule has 1 aromatic rings. The monoisotopic (exact) mass is 180 g/mol. The molecule has 0 saturated heterocycles. The molecule has 2 rings (SSSR count). The molecule has 0 bridgehead atoms. The minimum atomic E-state index is 0.235. The number of nitrogens with zero attached hydrogens (tertiary/aromatic N) is 3. The highest BCUT2D eigenvalue weighted by atomic mass is 15.4. The van der Waals surface area contributed by atoms with Crippen molar-refractivity contribution in [2.75, 3.05) is 0 Å². The molecule has 4 heteroatoms. The third kappa shape index (κ3) is 1.35. The van der Waals surface area contributed by atoms with E-state index < -0.39 is 0 Å².